The molecule has 0 radical (unpaired) electrons. The fourth-order valence-corrected chi connectivity index (χ4v) is 1.95. The number of unbranched alkanes of at least 4 members (excludes halogenated alkanes) is 3. The topological polar surface area (TPSA) is 76.4 Å². The Balaban J connectivity index is 2.47. The molecule has 1 aromatic rings. The molecule has 1 aromatic heterocycles. The molecule has 0 fully saturated rings. The minimum atomic E-state index is -0.311. The molecular formula is C13H22ClN3O3. The first kappa shape index (κ1) is 16.9. The van der Waals surface area contributed by atoms with Crippen molar-refractivity contribution in [3.05, 3.63) is 21.6 Å². The van der Waals surface area contributed by atoms with E-state index >= 15 is 0 Å². The molecule has 114 valence electrons. The van der Waals surface area contributed by atoms with Gasteiger partial charge in [0.15, 0.2) is 0 Å². The van der Waals surface area contributed by atoms with Gasteiger partial charge in [0.25, 0.3) is 5.56 Å². The maximum absolute atomic E-state index is 11.9. The fourth-order valence-electron chi connectivity index (χ4n) is 1.74. The minimum Gasteiger partial charge on any atom is -0.396 e. The van der Waals surface area contributed by atoms with Gasteiger partial charge in [0.1, 0.15) is 5.02 Å². The van der Waals surface area contributed by atoms with Crippen LogP contribution in [0.2, 0.25) is 5.02 Å². The Kier molecular flexibility index (Phi) is 8.25. The average molecular weight is 304 g/mol. The van der Waals surface area contributed by atoms with Crippen LogP contribution in [0, 0.1) is 0 Å². The van der Waals surface area contributed by atoms with Gasteiger partial charge < -0.3 is 15.2 Å². The molecule has 6 nitrogen and oxygen atoms in total. The molecule has 2 N–H and O–H groups in total. The van der Waals surface area contributed by atoms with Gasteiger partial charge in [-0.2, -0.15) is 5.10 Å². The van der Waals surface area contributed by atoms with Gasteiger partial charge in [-0.15, -0.1) is 0 Å². The highest BCUT2D eigenvalue weighted by atomic mass is 35.5. The van der Waals surface area contributed by atoms with E-state index in [-0.39, 0.29) is 17.2 Å². The van der Waals surface area contributed by atoms with Crippen LogP contribution in [0.3, 0.4) is 0 Å². The molecule has 0 aliphatic carbocycles. The SMILES string of the molecule is COCCn1ncc(NCCCCCCO)c(Cl)c1=O. The van der Waals surface area contributed by atoms with Crippen molar-refractivity contribution in [2.24, 2.45) is 0 Å². The van der Waals surface area contributed by atoms with Crippen molar-refractivity contribution >= 4 is 17.3 Å². The van der Waals surface area contributed by atoms with Crippen molar-refractivity contribution in [3.63, 3.8) is 0 Å². The number of nitrogens with zero attached hydrogens (tertiary/aromatic N) is 2. The highest BCUT2D eigenvalue weighted by Crippen LogP contribution is 2.15. The lowest BCUT2D eigenvalue weighted by atomic mass is 10.2. The molecule has 0 unspecified atom stereocenters. The summed E-state index contributed by atoms with van der Waals surface area (Å²) in [7, 11) is 1.57. The molecule has 0 bridgehead atoms. The van der Waals surface area contributed by atoms with Crippen LogP contribution in [-0.2, 0) is 11.3 Å². The van der Waals surface area contributed by atoms with Crippen molar-refractivity contribution in [1.29, 1.82) is 0 Å². The molecule has 0 amide bonds. The number of hydrogen-bond acceptors (Lipinski definition) is 5. The monoisotopic (exact) mass is 303 g/mol. The number of hydrogen-bond donors (Lipinski definition) is 2. The number of methoxy groups -OCH3 is 1. The quantitative estimate of drug-likeness (QED) is 0.641. The van der Waals surface area contributed by atoms with Gasteiger partial charge in [0, 0.05) is 20.3 Å². The Morgan fingerprint density at radius 1 is 1.40 bits per heavy atom. The predicted molar refractivity (Wildman–Crippen MR) is 79.4 cm³/mol. The predicted octanol–water partition coefficient (Wildman–Crippen LogP) is 1.51. The summed E-state index contributed by atoms with van der Waals surface area (Å²) in [6.45, 7) is 1.77. The standard InChI is InChI=1S/C13H22ClN3O3/c1-20-9-7-17-13(19)12(14)11(10-16-17)15-6-4-2-3-5-8-18/h10,15,18H,2-9H2,1H3. The van der Waals surface area contributed by atoms with Crippen molar-refractivity contribution in [2.75, 3.05) is 32.2 Å². The number of ether oxygens (including phenoxy) is 1. The lowest BCUT2D eigenvalue weighted by Crippen LogP contribution is -2.26. The number of halogens is 1. The van der Waals surface area contributed by atoms with E-state index in [1.54, 1.807) is 13.3 Å². The van der Waals surface area contributed by atoms with E-state index in [1.807, 2.05) is 0 Å². The van der Waals surface area contributed by atoms with E-state index in [0.717, 1.165) is 32.2 Å². The number of aliphatic hydroxyl groups is 1. The van der Waals surface area contributed by atoms with Crippen LogP contribution < -0.4 is 10.9 Å². The molecule has 7 heteroatoms. The molecule has 0 aromatic carbocycles. The summed E-state index contributed by atoms with van der Waals surface area (Å²) in [4.78, 5) is 11.9. The van der Waals surface area contributed by atoms with Crippen LogP contribution in [0.5, 0.6) is 0 Å². The largest absolute Gasteiger partial charge is 0.396 e. The highest BCUT2D eigenvalue weighted by molar-refractivity contribution is 6.32. The van der Waals surface area contributed by atoms with Crippen LogP contribution in [-0.4, -0.2) is 41.8 Å². The summed E-state index contributed by atoms with van der Waals surface area (Å²) in [5, 5.41) is 16.0. The van der Waals surface area contributed by atoms with Crippen LogP contribution >= 0.6 is 11.6 Å². The maximum Gasteiger partial charge on any atom is 0.287 e. The molecule has 20 heavy (non-hydrogen) atoms. The second-order valence-electron chi connectivity index (χ2n) is 4.46. The van der Waals surface area contributed by atoms with E-state index in [0.29, 0.717) is 18.8 Å². The zero-order valence-electron chi connectivity index (χ0n) is 11.8. The van der Waals surface area contributed by atoms with E-state index in [2.05, 4.69) is 10.4 Å². The van der Waals surface area contributed by atoms with Gasteiger partial charge in [-0.3, -0.25) is 4.79 Å². The van der Waals surface area contributed by atoms with Crippen LogP contribution in [0.25, 0.3) is 0 Å². The Hall–Kier alpha value is -1.11. The highest BCUT2D eigenvalue weighted by Gasteiger charge is 2.08. The number of anilines is 1. The first-order valence-corrected chi connectivity index (χ1v) is 7.17. The molecule has 1 rings (SSSR count). The van der Waals surface area contributed by atoms with Gasteiger partial charge >= 0.3 is 0 Å². The van der Waals surface area contributed by atoms with Crippen molar-refractivity contribution < 1.29 is 9.84 Å². The van der Waals surface area contributed by atoms with E-state index < -0.39 is 0 Å². The van der Waals surface area contributed by atoms with E-state index in [4.69, 9.17) is 21.4 Å². The molecule has 0 aliphatic heterocycles. The lowest BCUT2D eigenvalue weighted by Gasteiger charge is -2.10. The summed E-state index contributed by atoms with van der Waals surface area (Å²) in [5.41, 5.74) is 0.251. The summed E-state index contributed by atoms with van der Waals surface area (Å²) in [6.07, 6.45) is 5.39. The number of rotatable bonds is 10. The molecule has 0 spiro atoms. The second kappa shape index (κ2) is 9.74. The summed E-state index contributed by atoms with van der Waals surface area (Å²) in [6, 6.07) is 0. The van der Waals surface area contributed by atoms with Crippen molar-refractivity contribution in [1.82, 2.24) is 9.78 Å². The summed E-state index contributed by atoms with van der Waals surface area (Å²) in [5.74, 6) is 0. The Bertz CT molecular complexity index is 451. The lowest BCUT2D eigenvalue weighted by molar-refractivity contribution is 0.182. The Labute approximate surface area is 123 Å². The van der Waals surface area contributed by atoms with Gasteiger partial charge in [0.05, 0.1) is 25.0 Å². The Morgan fingerprint density at radius 2 is 2.15 bits per heavy atom. The molecule has 0 atom stereocenters. The minimum absolute atomic E-state index is 0.159. The zero-order valence-corrected chi connectivity index (χ0v) is 12.5. The number of nitrogens with one attached hydrogen (secondary N) is 1. The average Bonchev–Trinajstić information content (AvgIpc) is 2.46. The van der Waals surface area contributed by atoms with Gasteiger partial charge in [-0.05, 0) is 12.8 Å². The third kappa shape index (κ3) is 5.48. The zero-order chi connectivity index (χ0) is 14.8. The van der Waals surface area contributed by atoms with E-state index in [1.165, 1.54) is 4.68 Å². The number of aromatic nitrogens is 2. The molecular weight excluding hydrogens is 282 g/mol. The third-order valence-corrected chi connectivity index (χ3v) is 3.26. The first-order valence-electron chi connectivity index (χ1n) is 6.80. The van der Waals surface area contributed by atoms with Gasteiger partial charge in [-0.1, -0.05) is 24.4 Å². The Morgan fingerprint density at radius 3 is 2.85 bits per heavy atom. The van der Waals surface area contributed by atoms with Crippen LogP contribution in [0.4, 0.5) is 5.69 Å². The fraction of sp³-hybridized carbons (Fsp3) is 0.692. The van der Waals surface area contributed by atoms with Gasteiger partial charge in [0.2, 0.25) is 0 Å². The van der Waals surface area contributed by atoms with Gasteiger partial charge in [-0.25, -0.2) is 4.68 Å². The molecule has 0 aliphatic rings. The summed E-state index contributed by atoms with van der Waals surface area (Å²) >= 11 is 6.03. The molecule has 0 saturated carbocycles. The maximum atomic E-state index is 11.9. The van der Waals surface area contributed by atoms with Crippen LogP contribution in [0.1, 0.15) is 25.7 Å². The smallest absolute Gasteiger partial charge is 0.287 e. The normalized spacial score (nSPS) is 10.8. The van der Waals surface area contributed by atoms with E-state index in [9.17, 15) is 4.79 Å². The van der Waals surface area contributed by atoms with Crippen molar-refractivity contribution in [3.8, 4) is 0 Å². The first-order chi connectivity index (χ1) is 9.70. The van der Waals surface area contributed by atoms with Crippen LogP contribution in [0.15, 0.2) is 11.0 Å². The molecule has 1 heterocycles. The third-order valence-electron chi connectivity index (χ3n) is 2.89. The molecule has 0 saturated heterocycles. The number of aliphatic hydroxyl groups excluding tert-OH is 1. The summed E-state index contributed by atoms with van der Waals surface area (Å²) < 4.78 is 6.20. The van der Waals surface area contributed by atoms with Crippen molar-refractivity contribution in [2.45, 2.75) is 32.2 Å². The second-order valence-corrected chi connectivity index (χ2v) is 4.84.